The highest BCUT2D eigenvalue weighted by molar-refractivity contribution is 5.88. The molecular weight excluding hydrogens is 945 g/mol. The van der Waals surface area contributed by atoms with Crippen molar-refractivity contribution in [3.8, 4) is 35.8 Å². The van der Waals surface area contributed by atoms with Gasteiger partial charge in [-0.15, -0.1) is 0 Å². The second-order valence-corrected chi connectivity index (χ2v) is 18.5. The number of nitrogens with zero attached hydrogens (tertiary/aromatic N) is 8. The van der Waals surface area contributed by atoms with E-state index in [0.717, 1.165) is 11.1 Å². The van der Waals surface area contributed by atoms with E-state index < -0.39 is 43.2 Å². The Bertz CT molecular complexity index is 3120. The zero-order chi connectivity index (χ0) is 54.2. The molecule has 2 heterocycles. The van der Waals surface area contributed by atoms with Gasteiger partial charge in [0.15, 0.2) is 11.9 Å². The number of hydrogen-bond donors (Lipinski definition) is 3. The van der Waals surface area contributed by atoms with Gasteiger partial charge in [-0.25, -0.2) is 9.59 Å². The average Bonchev–Trinajstić information content (AvgIpc) is 3.38. The molecule has 4 aromatic carbocycles. The summed E-state index contributed by atoms with van der Waals surface area (Å²) in [4.78, 5) is 33.3. The number of benzene rings is 4. The lowest BCUT2D eigenvalue weighted by molar-refractivity contribution is -0.613. The highest BCUT2D eigenvalue weighted by Gasteiger charge is 2.29. The van der Waals surface area contributed by atoms with Gasteiger partial charge in [-0.2, -0.15) is 25.8 Å². The molecule has 0 fully saturated rings. The summed E-state index contributed by atoms with van der Waals surface area (Å²) in [6.07, 6.45) is 1.49. The van der Waals surface area contributed by atoms with E-state index in [-0.39, 0.29) is 49.2 Å². The van der Waals surface area contributed by atoms with Gasteiger partial charge in [0.1, 0.15) is 35.9 Å². The average molecular weight is 1000 g/mol. The molecule has 18 heteroatoms. The molecule has 18 nitrogen and oxygen atoms in total. The monoisotopic (exact) mass is 1000 g/mol. The maximum Gasteiger partial charge on any atom is 0.415 e. The molecule has 0 aliphatic heterocycles. The van der Waals surface area contributed by atoms with E-state index in [0.29, 0.717) is 60.6 Å². The van der Waals surface area contributed by atoms with Crippen molar-refractivity contribution in [3.05, 3.63) is 182 Å². The third kappa shape index (κ3) is 15.2. The molecule has 3 N–H and O–H groups in total. The van der Waals surface area contributed by atoms with Gasteiger partial charge in [-0.05, 0) is 131 Å². The fourth-order valence-electron chi connectivity index (χ4n) is 7.19. The standard InChI is InChI=1S/2C28H28N4O5/c1-19-26(36-18-22-7-5-6-21(12-22)14-30)25(17-33)23(16-32(19)35)15-31(27(34)37-28(2,3)4)24-10-8-20(13-29)9-11-24;1-28(2,3)37-27(35)32(23-9-7-19(12-29)8-10-23)15-22-14-31-25(17-34)26(24(22)16-33)36-18-21-6-4-5-20(11-21)13-30/h5-12,16,33H,15,17-18H2,1-4H3;4-11,14,33-34H,15-18H2,1-3H3. The van der Waals surface area contributed by atoms with Gasteiger partial charge >= 0.3 is 12.2 Å². The summed E-state index contributed by atoms with van der Waals surface area (Å²) in [5.41, 5.74) is 4.69. The molecule has 6 rings (SSSR count). The number of aromatic nitrogens is 2. The Labute approximate surface area is 429 Å². The third-order valence-corrected chi connectivity index (χ3v) is 10.7. The Kier molecular flexibility index (Phi) is 19.2. The molecule has 0 aliphatic carbocycles. The van der Waals surface area contributed by atoms with Crippen molar-refractivity contribution in [2.75, 3.05) is 9.80 Å². The second-order valence-electron chi connectivity index (χ2n) is 18.5. The fourth-order valence-corrected chi connectivity index (χ4v) is 7.19. The van der Waals surface area contributed by atoms with Gasteiger partial charge in [0, 0.05) is 41.2 Å². The van der Waals surface area contributed by atoms with Crippen LogP contribution in [0.1, 0.15) is 109 Å². The number of nitriles is 4. The maximum absolute atomic E-state index is 13.2. The molecule has 380 valence electrons. The van der Waals surface area contributed by atoms with E-state index in [9.17, 15) is 30.1 Å². The van der Waals surface area contributed by atoms with Crippen LogP contribution in [-0.4, -0.2) is 43.7 Å². The highest BCUT2D eigenvalue weighted by Crippen LogP contribution is 2.32. The first-order valence-corrected chi connectivity index (χ1v) is 23.1. The molecule has 0 saturated carbocycles. The minimum atomic E-state index is -0.778. The highest BCUT2D eigenvalue weighted by atomic mass is 16.6. The number of hydrogen-bond acceptors (Lipinski definition) is 15. The topological polar surface area (TPSA) is 273 Å². The number of carbonyl (C=O) groups is 2. The van der Waals surface area contributed by atoms with Crippen LogP contribution in [0, 0.1) is 57.5 Å². The van der Waals surface area contributed by atoms with Gasteiger partial charge in [0.05, 0.1) is 79.4 Å². The molecule has 6 aromatic rings. The quantitative estimate of drug-likeness (QED) is 0.0641. The van der Waals surface area contributed by atoms with Crippen LogP contribution in [0.5, 0.6) is 11.5 Å². The molecule has 0 radical (unpaired) electrons. The fraction of sp³-hybridized carbons (Fsp3) is 0.286. The van der Waals surface area contributed by atoms with Gasteiger partial charge in [0.25, 0.3) is 0 Å². The predicted molar refractivity (Wildman–Crippen MR) is 270 cm³/mol. The van der Waals surface area contributed by atoms with Gasteiger partial charge in [-0.3, -0.25) is 14.8 Å². The van der Waals surface area contributed by atoms with Crippen molar-refractivity contribution < 1.29 is 48.6 Å². The van der Waals surface area contributed by atoms with Crippen molar-refractivity contribution >= 4 is 23.6 Å². The maximum atomic E-state index is 13.2. The van der Waals surface area contributed by atoms with Crippen molar-refractivity contribution in [2.45, 2.75) is 106 Å². The normalized spacial score (nSPS) is 10.8. The lowest BCUT2D eigenvalue weighted by Gasteiger charge is -2.28. The van der Waals surface area contributed by atoms with E-state index in [4.69, 9.17) is 40.0 Å². The number of aliphatic hydroxyl groups is 3. The Balaban J connectivity index is 0.000000274. The summed E-state index contributed by atoms with van der Waals surface area (Å²) >= 11 is 0. The molecule has 2 aromatic heterocycles. The van der Waals surface area contributed by atoms with Crippen LogP contribution in [0.4, 0.5) is 21.0 Å². The molecule has 74 heavy (non-hydrogen) atoms. The van der Waals surface area contributed by atoms with Gasteiger partial charge in [-0.1, -0.05) is 24.3 Å². The number of rotatable bonds is 15. The van der Waals surface area contributed by atoms with E-state index >= 15 is 0 Å². The van der Waals surface area contributed by atoms with Crippen molar-refractivity contribution in [1.29, 1.82) is 21.0 Å². The lowest BCUT2D eigenvalue weighted by atomic mass is 10.1. The van der Waals surface area contributed by atoms with Crippen LogP contribution in [0.2, 0.25) is 0 Å². The van der Waals surface area contributed by atoms with Gasteiger partial charge < -0.3 is 39.5 Å². The summed E-state index contributed by atoms with van der Waals surface area (Å²) in [7, 11) is 0. The molecule has 2 amide bonds. The number of amides is 2. The number of aliphatic hydroxyl groups excluding tert-OH is 3. The van der Waals surface area contributed by atoms with Crippen LogP contribution in [0.15, 0.2) is 109 Å². The molecule has 0 aliphatic rings. The van der Waals surface area contributed by atoms with Crippen LogP contribution in [-0.2, 0) is 55.6 Å². The van der Waals surface area contributed by atoms with Crippen molar-refractivity contribution in [2.24, 2.45) is 0 Å². The van der Waals surface area contributed by atoms with Crippen LogP contribution >= 0.6 is 0 Å². The summed E-state index contributed by atoms with van der Waals surface area (Å²) in [6.45, 7) is 10.8. The Morgan fingerprint density at radius 3 is 1.43 bits per heavy atom. The number of carbonyl (C=O) groups excluding carboxylic acids is 2. The summed E-state index contributed by atoms with van der Waals surface area (Å²) in [6, 6.07) is 34.8. The Hall–Kier alpha value is -9.04. The summed E-state index contributed by atoms with van der Waals surface area (Å²) in [5, 5.41) is 79.7. The molecule has 0 unspecified atom stereocenters. The zero-order valence-corrected chi connectivity index (χ0v) is 42.1. The first-order chi connectivity index (χ1) is 35.2. The van der Waals surface area contributed by atoms with Crippen LogP contribution in [0.3, 0.4) is 0 Å². The SMILES string of the molecule is CC(C)(C)OC(=O)N(Cc1cnc(CO)c(OCc2cccc(C#N)c2)c1CO)c1ccc(C#N)cc1.Cc1c(OCc2cccc(C#N)c2)c(CO)c(CN(C(=O)OC(C)(C)C)c2ccc(C#N)cc2)c[n+]1[O-]. The van der Waals surface area contributed by atoms with E-state index in [1.54, 1.807) is 146 Å². The number of pyridine rings is 2. The summed E-state index contributed by atoms with van der Waals surface area (Å²) in [5.74, 6) is 0.398. The molecule has 0 bridgehead atoms. The van der Waals surface area contributed by atoms with E-state index in [1.165, 1.54) is 22.2 Å². The van der Waals surface area contributed by atoms with Crippen molar-refractivity contribution in [1.82, 2.24) is 4.98 Å². The molecule has 0 saturated heterocycles. The Morgan fingerprint density at radius 2 is 1.03 bits per heavy atom. The largest absolute Gasteiger partial charge is 0.618 e. The second kappa shape index (κ2) is 25.4. The minimum absolute atomic E-state index is 0.0182. The number of ether oxygens (including phenoxy) is 4. The van der Waals surface area contributed by atoms with E-state index in [2.05, 4.69) is 17.1 Å². The Morgan fingerprint density at radius 1 is 0.608 bits per heavy atom. The van der Waals surface area contributed by atoms with Gasteiger partial charge in [0.2, 0.25) is 5.69 Å². The smallest absolute Gasteiger partial charge is 0.415 e. The molecular formula is C56H56N8O10. The zero-order valence-electron chi connectivity index (χ0n) is 42.1. The van der Waals surface area contributed by atoms with Crippen LogP contribution in [0.25, 0.3) is 0 Å². The molecule has 0 spiro atoms. The lowest BCUT2D eigenvalue weighted by Crippen LogP contribution is -2.38. The van der Waals surface area contributed by atoms with Crippen molar-refractivity contribution in [3.63, 3.8) is 0 Å². The molecule has 0 atom stereocenters. The third-order valence-electron chi connectivity index (χ3n) is 10.7. The first kappa shape index (κ1) is 55.9. The van der Waals surface area contributed by atoms with Crippen LogP contribution < -0.4 is 24.0 Å². The summed E-state index contributed by atoms with van der Waals surface area (Å²) < 4.78 is 23.7. The minimum Gasteiger partial charge on any atom is -0.618 e. The van der Waals surface area contributed by atoms with E-state index in [1.807, 2.05) is 12.1 Å². The first-order valence-electron chi connectivity index (χ1n) is 23.1. The predicted octanol–water partition coefficient (Wildman–Crippen LogP) is 8.72. The number of anilines is 2.